The van der Waals surface area contributed by atoms with E-state index in [1.807, 2.05) is 97.1 Å². The van der Waals surface area contributed by atoms with Crippen LogP contribution < -0.4 is 22.1 Å². The van der Waals surface area contributed by atoms with Crippen molar-refractivity contribution in [1.82, 2.24) is 0 Å². The average Bonchev–Trinajstić information content (AvgIpc) is 2.89. The molecule has 0 spiro atoms. The summed E-state index contributed by atoms with van der Waals surface area (Å²) in [5.74, 6) is -0.246. The van der Waals surface area contributed by atoms with Crippen LogP contribution in [-0.2, 0) is 9.59 Å². The molecule has 0 unspecified atom stereocenters. The predicted molar refractivity (Wildman–Crippen MR) is 154 cm³/mol. The lowest BCUT2D eigenvalue weighted by Gasteiger charge is -2.09. The Bertz CT molecular complexity index is 1250. The average molecular weight is 529 g/mol. The molecule has 0 aliphatic heterocycles. The molecule has 0 saturated carbocycles. The van der Waals surface area contributed by atoms with Crippen LogP contribution in [0.3, 0.4) is 0 Å². The third-order valence-electron chi connectivity index (χ3n) is 5.38. The van der Waals surface area contributed by atoms with Crippen molar-refractivity contribution in [3.8, 4) is 0 Å². The molecule has 0 radical (unpaired) electrons. The van der Waals surface area contributed by atoms with E-state index in [1.54, 1.807) is 23.5 Å². The molecule has 2 amide bonds. The van der Waals surface area contributed by atoms with Crippen molar-refractivity contribution in [2.45, 2.75) is 38.8 Å². The van der Waals surface area contributed by atoms with Crippen molar-refractivity contribution in [2.75, 3.05) is 22.1 Å². The fourth-order valence-electron chi connectivity index (χ4n) is 3.47. The van der Waals surface area contributed by atoms with E-state index < -0.39 is 0 Å². The highest BCUT2D eigenvalue weighted by Crippen LogP contribution is 2.33. The number of nitrogen functional groups attached to an aromatic ring is 2. The molecule has 0 saturated heterocycles. The van der Waals surface area contributed by atoms with E-state index in [2.05, 4.69) is 10.6 Å². The Morgan fingerprint density at radius 3 is 1.32 bits per heavy atom. The molecule has 6 N–H and O–H groups in total. The number of nitrogens with two attached hydrogens (primary N) is 2. The number of para-hydroxylation sites is 2. The molecular formula is C29H28N4O2S2. The van der Waals surface area contributed by atoms with E-state index in [0.717, 1.165) is 42.3 Å². The monoisotopic (exact) mass is 528 g/mol. The maximum Gasteiger partial charge on any atom is 0.224 e. The van der Waals surface area contributed by atoms with Crippen LogP contribution in [0, 0.1) is 0 Å². The fourth-order valence-corrected chi connectivity index (χ4v) is 5.19. The molecule has 6 nitrogen and oxygen atoms in total. The van der Waals surface area contributed by atoms with E-state index in [4.69, 9.17) is 11.5 Å². The smallest absolute Gasteiger partial charge is 0.224 e. The van der Waals surface area contributed by atoms with Crippen LogP contribution in [-0.4, -0.2) is 11.8 Å². The van der Waals surface area contributed by atoms with Crippen LogP contribution in [0.4, 0.5) is 22.7 Å². The van der Waals surface area contributed by atoms with Gasteiger partial charge in [-0.3, -0.25) is 9.59 Å². The zero-order chi connectivity index (χ0) is 26.0. The minimum Gasteiger partial charge on any atom is -0.398 e. The first kappa shape index (κ1) is 26.2. The third-order valence-corrected chi connectivity index (χ3v) is 7.58. The van der Waals surface area contributed by atoms with Crippen molar-refractivity contribution >= 4 is 58.1 Å². The summed E-state index contributed by atoms with van der Waals surface area (Å²) in [6.07, 6.45) is 0.983. The van der Waals surface area contributed by atoms with E-state index in [1.165, 1.54) is 0 Å². The Morgan fingerprint density at radius 1 is 0.568 bits per heavy atom. The lowest BCUT2D eigenvalue weighted by atomic mass is 10.2. The number of hydrogen-bond donors (Lipinski definition) is 4. The number of carbonyl (C=O) groups is 2. The molecule has 0 fully saturated rings. The summed E-state index contributed by atoms with van der Waals surface area (Å²) in [6.45, 7) is 0. The Kier molecular flexibility index (Phi) is 9.13. The summed E-state index contributed by atoms with van der Waals surface area (Å²) in [4.78, 5) is 28.7. The summed E-state index contributed by atoms with van der Waals surface area (Å²) in [6, 6.07) is 30.6. The quantitative estimate of drug-likeness (QED) is 0.167. The first-order chi connectivity index (χ1) is 18.0. The molecule has 0 atom stereocenters. The zero-order valence-electron chi connectivity index (χ0n) is 20.1. The van der Waals surface area contributed by atoms with Gasteiger partial charge in [0.2, 0.25) is 11.8 Å². The highest BCUT2D eigenvalue weighted by Gasteiger charge is 2.08. The summed E-state index contributed by atoms with van der Waals surface area (Å²) < 4.78 is 0. The minimum atomic E-state index is -0.123. The van der Waals surface area contributed by atoms with Gasteiger partial charge in [0.15, 0.2) is 0 Å². The van der Waals surface area contributed by atoms with Crippen molar-refractivity contribution in [2.24, 2.45) is 0 Å². The van der Waals surface area contributed by atoms with E-state index in [-0.39, 0.29) is 24.7 Å². The topological polar surface area (TPSA) is 110 Å². The van der Waals surface area contributed by atoms with Gasteiger partial charge in [-0.25, -0.2) is 0 Å². The second-order valence-corrected chi connectivity index (χ2v) is 10.5. The molecule has 4 aromatic carbocycles. The number of amides is 2. The molecule has 4 aromatic rings. The minimum absolute atomic E-state index is 0.123. The standard InChI is InChI=1S/C29H28N4O2S2/c30-24-6-1-3-8-26(24)36-22-16-12-20(13-17-22)32-28(34)10-5-11-29(35)33-21-14-18-23(19-15-21)37-27-9-4-2-7-25(27)31/h1-4,6-9,12-19H,5,10-11,30-31H2,(H,32,34)(H,33,35). The van der Waals surface area contributed by atoms with E-state index in [9.17, 15) is 9.59 Å². The first-order valence-corrected chi connectivity index (χ1v) is 13.4. The van der Waals surface area contributed by atoms with Crippen LogP contribution in [0.5, 0.6) is 0 Å². The van der Waals surface area contributed by atoms with Gasteiger partial charge in [0.05, 0.1) is 0 Å². The molecule has 8 heteroatoms. The molecule has 0 aliphatic carbocycles. The maximum atomic E-state index is 12.3. The largest absolute Gasteiger partial charge is 0.398 e. The molecular weight excluding hydrogens is 500 g/mol. The van der Waals surface area contributed by atoms with Gasteiger partial charge >= 0.3 is 0 Å². The highest BCUT2D eigenvalue weighted by molar-refractivity contribution is 7.99. The van der Waals surface area contributed by atoms with Gasteiger partial charge in [-0.15, -0.1) is 0 Å². The lowest BCUT2D eigenvalue weighted by Crippen LogP contribution is -2.14. The molecule has 4 rings (SSSR count). The van der Waals surface area contributed by atoms with Crippen molar-refractivity contribution in [3.63, 3.8) is 0 Å². The lowest BCUT2D eigenvalue weighted by molar-refractivity contribution is -0.117. The molecule has 188 valence electrons. The van der Waals surface area contributed by atoms with E-state index in [0.29, 0.717) is 6.42 Å². The Labute approximate surface area is 225 Å². The maximum absolute atomic E-state index is 12.3. The number of benzene rings is 4. The zero-order valence-corrected chi connectivity index (χ0v) is 21.8. The summed E-state index contributed by atoms with van der Waals surface area (Å²) in [5, 5.41) is 5.76. The third kappa shape index (κ3) is 8.06. The number of rotatable bonds is 10. The number of hydrogen-bond acceptors (Lipinski definition) is 6. The van der Waals surface area contributed by atoms with Gasteiger partial charge in [-0.2, -0.15) is 0 Å². The van der Waals surface area contributed by atoms with Gasteiger partial charge in [0, 0.05) is 55.2 Å². The van der Waals surface area contributed by atoms with Gasteiger partial charge in [0.25, 0.3) is 0 Å². The molecule has 0 heterocycles. The van der Waals surface area contributed by atoms with Crippen LogP contribution in [0.1, 0.15) is 19.3 Å². The molecule has 0 aliphatic rings. The Hall–Kier alpha value is -3.88. The molecule has 0 bridgehead atoms. The number of carbonyl (C=O) groups excluding carboxylic acids is 2. The number of nitrogens with one attached hydrogen (secondary N) is 2. The van der Waals surface area contributed by atoms with Gasteiger partial charge in [-0.1, -0.05) is 47.8 Å². The summed E-state index contributed by atoms with van der Waals surface area (Å²) in [7, 11) is 0. The van der Waals surface area contributed by atoms with Crippen molar-refractivity contribution in [3.05, 3.63) is 97.1 Å². The normalized spacial score (nSPS) is 10.6. The molecule has 0 aromatic heterocycles. The number of anilines is 4. The fraction of sp³-hybridized carbons (Fsp3) is 0.103. The SMILES string of the molecule is Nc1ccccc1Sc1ccc(NC(=O)CCCC(=O)Nc2ccc(Sc3ccccc3N)cc2)cc1. The van der Waals surface area contributed by atoms with Gasteiger partial charge in [-0.05, 0) is 79.2 Å². The second-order valence-electron chi connectivity index (χ2n) is 8.28. The first-order valence-electron chi connectivity index (χ1n) is 11.8. The molecule has 37 heavy (non-hydrogen) atoms. The van der Waals surface area contributed by atoms with Crippen LogP contribution in [0.25, 0.3) is 0 Å². The van der Waals surface area contributed by atoms with Crippen LogP contribution in [0.2, 0.25) is 0 Å². The van der Waals surface area contributed by atoms with Crippen molar-refractivity contribution < 1.29 is 9.59 Å². The Morgan fingerprint density at radius 2 is 0.946 bits per heavy atom. The highest BCUT2D eigenvalue weighted by atomic mass is 32.2. The van der Waals surface area contributed by atoms with Crippen molar-refractivity contribution in [1.29, 1.82) is 0 Å². The Balaban J connectivity index is 1.17. The summed E-state index contributed by atoms with van der Waals surface area (Å²) >= 11 is 3.15. The van der Waals surface area contributed by atoms with Gasteiger partial charge < -0.3 is 22.1 Å². The van der Waals surface area contributed by atoms with Crippen LogP contribution in [0.15, 0.2) is 117 Å². The predicted octanol–water partition coefficient (Wildman–Crippen LogP) is 6.90. The van der Waals surface area contributed by atoms with Gasteiger partial charge in [0.1, 0.15) is 0 Å². The van der Waals surface area contributed by atoms with Crippen LogP contribution >= 0.6 is 23.5 Å². The summed E-state index contributed by atoms with van der Waals surface area (Å²) in [5.41, 5.74) is 14.9. The van der Waals surface area contributed by atoms with E-state index >= 15 is 0 Å². The second kappa shape index (κ2) is 12.9.